The first-order valence-electron chi connectivity index (χ1n) is 8.10. The van der Waals surface area contributed by atoms with E-state index in [1.54, 1.807) is 25.5 Å². The number of rotatable bonds is 9. The molecule has 1 aromatic heterocycles. The lowest BCUT2D eigenvalue weighted by Gasteiger charge is -2.21. The zero-order chi connectivity index (χ0) is 16.7. The number of aliphatic imine (C=N–C) groups is 1. The fraction of sp³-hybridized carbons (Fsp3) is 0.750. The van der Waals surface area contributed by atoms with E-state index in [0.29, 0.717) is 0 Å². The van der Waals surface area contributed by atoms with Crippen molar-refractivity contribution in [2.24, 2.45) is 10.9 Å². The summed E-state index contributed by atoms with van der Waals surface area (Å²) in [6.45, 7) is 5.11. The Morgan fingerprint density at radius 3 is 3.00 bits per heavy atom. The first-order chi connectivity index (χ1) is 11.1. The molecule has 0 amide bonds. The highest BCUT2D eigenvalue weighted by atomic mass is 32.1. The summed E-state index contributed by atoms with van der Waals surface area (Å²) in [5, 5.41) is 6.41. The molecule has 0 bridgehead atoms. The van der Waals surface area contributed by atoms with Gasteiger partial charge in [0.05, 0.1) is 18.8 Å². The van der Waals surface area contributed by atoms with Crippen LogP contribution in [0.15, 0.2) is 10.4 Å². The van der Waals surface area contributed by atoms with Crippen molar-refractivity contribution < 1.29 is 9.47 Å². The predicted octanol–water partition coefficient (Wildman–Crippen LogP) is 2.28. The number of hydrogen-bond donors (Lipinski definition) is 1. The van der Waals surface area contributed by atoms with E-state index in [1.165, 1.54) is 12.8 Å². The normalized spacial score (nSPS) is 16.4. The molecular formula is C16H28N4O2S. The molecule has 2 rings (SSSR count). The van der Waals surface area contributed by atoms with Crippen LogP contribution >= 0.6 is 11.3 Å². The maximum absolute atomic E-state index is 5.63. The number of thiazole rings is 1. The largest absolute Gasteiger partial charge is 0.379 e. The smallest absolute Gasteiger partial charge is 0.193 e. The molecule has 1 aliphatic carbocycles. The van der Waals surface area contributed by atoms with Crippen LogP contribution in [0.5, 0.6) is 0 Å². The van der Waals surface area contributed by atoms with Gasteiger partial charge in [0.15, 0.2) is 5.96 Å². The van der Waals surface area contributed by atoms with Gasteiger partial charge in [-0.15, -0.1) is 11.3 Å². The van der Waals surface area contributed by atoms with Crippen molar-refractivity contribution in [1.82, 2.24) is 15.2 Å². The average Bonchev–Trinajstić information content (AvgIpc) is 3.27. The Kier molecular flexibility index (Phi) is 7.26. The van der Waals surface area contributed by atoms with E-state index in [9.17, 15) is 0 Å². The first kappa shape index (κ1) is 18.2. The molecule has 0 radical (unpaired) electrons. The van der Waals surface area contributed by atoms with Crippen LogP contribution in [0.4, 0.5) is 0 Å². The second kappa shape index (κ2) is 9.20. The van der Waals surface area contributed by atoms with Crippen molar-refractivity contribution in [3.63, 3.8) is 0 Å². The number of methoxy groups -OCH3 is 1. The summed E-state index contributed by atoms with van der Waals surface area (Å²) in [6, 6.07) is 0. The third-order valence-corrected chi connectivity index (χ3v) is 4.88. The highest BCUT2D eigenvalue weighted by Crippen LogP contribution is 2.28. The predicted molar refractivity (Wildman–Crippen MR) is 93.9 cm³/mol. The zero-order valence-corrected chi connectivity index (χ0v) is 15.4. The van der Waals surface area contributed by atoms with E-state index in [2.05, 4.69) is 25.6 Å². The van der Waals surface area contributed by atoms with Crippen LogP contribution in [0.3, 0.4) is 0 Å². The molecule has 23 heavy (non-hydrogen) atoms. The molecule has 0 aromatic carbocycles. The second-order valence-electron chi connectivity index (χ2n) is 5.90. The van der Waals surface area contributed by atoms with Crippen LogP contribution < -0.4 is 5.32 Å². The Labute approximate surface area is 142 Å². The molecule has 1 atom stereocenters. The minimum absolute atomic E-state index is 0.0418. The average molecular weight is 340 g/mol. The van der Waals surface area contributed by atoms with Crippen molar-refractivity contribution in [2.75, 3.05) is 41.0 Å². The molecule has 0 spiro atoms. The minimum Gasteiger partial charge on any atom is -0.379 e. The lowest BCUT2D eigenvalue weighted by molar-refractivity contribution is 0.119. The third kappa shape index (κ3) is 6.08. The third-order valence-electron chi connectivity index (χ3n) is 3.82. The van der Waals surface area contributed by atoms with Crippen LogP contribution in [-0.4, -0.2) is 56.8 Å². The van der Waals surface area contributed by atoms with E-state index in [-0.39, 0.29) is 6.10 Å². The molecule has 1 heterocycles. The van der Waals surface area contributed by atoms with Gasteiger partial charge in [0.1, 0.15) is 11.1 Å². The fourth-order valence-electron chi connectivity index (χ4n) is 2.15. The van der Waals surface area contributed by atoms with Crippen molar-refractivity contribution in [1.29, 1.82) is 0 Å². The zero-order valence-electron chi connectivity index (χ0n) is 14.5. The summed E-state index contributed by atoms with van der Waals surface area (Å²) in [5.41, 5.74) is 1.03. The SMILES string of the molecule is CN=C(NCCOCC1CC1)N(C)Cc1csc(C(C)OC)n1. The van der Waals surface area contributed by atoms with Crippen LogP contribution in [0.1, 0.15) is 36.6 Å². The maximum atomic E-state index is 5.63. The molecule has 0 saturated heterocycles. The molecule has 1 aromatic rings. The van der Waals surface area contributed by atoms with E-state index in [0.717, 1.165) is 48.9 Å². The molecule has 1 unspecified atom stereocenters. The van der Waals surface area contributed by atoms with Crippen molar-refractivity contribution in [2.45, 2.75) is 32.4 Å². The summed E-state index contributed by atoms with van der Waals surface area (Å²) in [6.07, 6.45) is 2.70. The highest BCUT2D eigenvalue weighted by molar-refractivity contribution is 7.09. The Morgan fingerprint density at radius 2 is 2.35 bits per heavy atom. The standard InChI is InChI=1S/C16H28N4O2S/c1-12(21-4)15-19-14(11-23-15)9-20(3)16(17-2)18-7-8-22-10-13-5-6-13/h11-13H,5-10H2,1-4H3,(H,17,18). The van der Waals surface area contributed by atoms with Crippen molar-refractivity contribution in [3.8, 4) is 0 Å². The molecule has 6 nitrogen and oxygen atoms in total. The van der Waals surface area contributed by atoms with Gasteiger partial charge in [0.25, 0.3) is 0 Å². The van der Waals surface area contributed by atoms with E-state index in [1.807, 2.05) is 14.0 Å². The van der Waals surface area contributed by atoms with E-state index >= 15 is 0 Å². The molecule has 130 valence electrons. The summed E-state index contributed by atoms with van der Waals surface area (Å²) in [4.78, 5) is 11.0. The van der Waals surface area contributed by atoms with Gasteiger partial charge in [-0.2, -0.15) is 0 Å². The molecular weight excluding hydrogens is 312 g/mol. The minimum atomic E-state index is 0.0418. The number of nitrogens with one attached hydrogen (secondary N) is 1. The van der Waals surface area contributed by atoms with Crippen LogP contribution in [0.2, 0.25) is 0 Å². The van der Waals surface area contributed by atoms with Crippen molar-refractivity contribution >= 4 is 17.3 Å². The molecule has 7 heteroatoms. The Bertz CT molecular complexity index is 502. The maximum Gasteiger partial charge on any atom is 0.193 e. The monoisotopic (exact) mass is 340 g/mol. The van der Waals surface area contributed by atoms with Crippen LogP contribution in [0.25, 0.3) is 0 Å². The van der Waals surface area contributed by atoms with E-state index < -0.39 is 0 Å². The molecule has 0 aliphatic heterocycles. The number of guanidine groups is 1. The first-order valence-corrected chi connectivity index (χ1v) is 8.98. The number of nitrogens with zero attached hydrogens (tertiary/aromatic N) is 3. The fourth-order valence-corrected chi connectivity index (χ4v) is 3.00. The summed E-state index contributed by atoms with van der Waals surface area (Å²) in [5.74, 6) is 1.67. The van der Waals surface area contributed by atoms with Gasteiger partial charge in [0.2, 0.25) is 0 Å². The molecule has 1 N–H and O–H groups in total. The van der Waals surface area contributed by atoms with Gasteiger partial charge in [-0.1, -0.05) is 0 Å². The van der Waals surface area contributed by atoms with Gasteiger partial charge in [0, 0.05) is 39.7 Å². The lowest BCUT2D eigenvalue weighted by Crippen LogP contribution is -2.40. The molecule has 1 aliphatic rings. The second-order valence-corrected chi connectivity index (χ2v) is 6.79. The number of hydrogen-bond acceptors (Lipinski definition) is 5. The Morgan fingerprint density at radius 1 is 1.57 bits per heavy atom. The van der Waals surface area contributed by atoms with Gasteiger partial charge in [-0.3, -0.25) is 4.99 Å². The van der Waals surface area contributed by atoms with Gasteiger partial charge >= 0.3 is 0 Å². The van der Waals surface area contributed by atoms with Gasteiger partial charge in [-0.05, 0) is 25.7 Å². The number of ether oxygens (including phenoxy) is 2. The summed E-state index contributed by atoms with van der Waals surface area (Å²) >= 11 is 1.63. The van der Waals surface area contributed by atoms with Gasteiger partial charge < -0.3 is 19.7 Å². The van der Waals surface area contributed by atoms with Gasteiger partial charge in [-0.25, -0.2) is 4.98 Å². The number of aromatic nitrogens is 1. The highest BCUT2D eigenvalue weighted by Gasteiger charge is 2.20. The summed E-state index contributed by atoms with van der Waals surface area (Å²) in [7, 11) is 5.51. The topological polar surface area (TPSA) is 59.0 Å². The molecule has 1 saturated carbocycles. The molecule has 1 fully saturated rings. The van der Waals surface area contributed by atoms with Crippen LogP contribution in [0, 0.1) is 5.92 Å². The lowest BCUT2D eigenvalue weighted by atomic mass is 10.4. The van der Waals surface area contributed by atoms with Crippen LogP contribution in [-0.2, 0) is 16.0 Å². The summed E-state index contributed by atoms with van der Waals surface area (Å²) < 4.78 is 10.9. The quantitative estimate of drug-likeness (QED) is 0.425. The van der Waals surface area contributed by atoms with E-state index in [4.69, 9.17) is 9.47 Å². The van der Waals surface area contributed by atoms with Crippen molar-refractivity contribution in [3.05, 3.63) is 16.1 Å². The Balaban J connectivity index is 1.72. The Hall–Kier alpha value is -1.18.